The van der Waals surface area contributed by atoms with Gasteiger partial charge in [-0.05, 0) is 30.5 Å². The van der Waals surface area contributed by atoms with Crippen LogP contribution >= 0.6 is 11.6 Å². The number of carbonyl (C=O) groups excluding carboxylic acids is 1. The van der Waals surface area contributed by atoms with Crippen LogP contribution < -0.4 is 9.62 Å². The summed E-state index contributed by atoms with van der Waals surface area (Å²) in [5, 5.41) is 3.14. The molecule has 5 nitrogen and oxygen atoms in total. The number of nitrogens with zero attached hydrogens (tertiary/aromatic N) is 1. The van der Waals surface area contributed by atoms with Crippen molar-refractivity contribution >= 4 is 38.9 Å². The summed E-state index contributed by atoms with van der Waals surface area (Å²) in [4.78, 5) is 11.8. The van der Waals surface area contributed by atoms with E-state index in [-0.39, 0.29) is 17.6 Å². The van der Waals surface area contributed by atoms with E-state index in [0.717, 1.165) is 0 Å². The topological polar surface area (TPSA) is 66.5 Å². The van der Waals surface area contributed by atoms with Gasteiger partial charge in [-0.1, -0.05) is 25.4 Å². The number of hydrogen-bond donors (Lipinski definition) is 1. The highest BCUT2D eigenvalue weighted by Gasteiger charge is 2.30. The molecular formula is C14H19ClN2O3S. The van der Waals surface area contributed by atoms with E-state index in [1.807, 2.05) is 13.8 Å². The Balaban J connectivity index is 2.24. The zero-order valence-corrected chi connectivity index (χ0v) is 13.7. The predicted molar refractivity (Wildman–Crippen MR) is 85.3 cm³/mol. The summed E-state index contributed by atoms with van der Waals surface area (Å²) in [6.07, 6.45) is 1.00. The summed E-state index contributed by atoms with van der Waals surface area (Å²) in [7, 11) is -3.29. The number of amides is 1. The third kappa shape index (κ3) is 3.89. The second-order valence-electron chi connectivity index (χ2n) is 5.55. The van der Waals surface area contributed by atoms with Crippen molar-refractivity contribution in [1.82, 2.24) is 0 Å². The first-order chi connectivity index (χ1) is 9.79. The number of sulfonamides is 1. The van der Waals surface area contributed by atoms with Crippen molar-refractivity contribution in [2.45, 2.75) is 26.7 Å². The van der Waals surface area contributed by atoms with Crippen LogP contribution in [0.3, 0.4) is 0 Å². The van der Waals surface area contributed by atoms with Crippen molar-refractivity contribution in [2.24, 2.45) is 5.92 Å². The molecule has 1 aromatic rings. The fourth-order valence-corrected chi connectivity index (χ4v) is 4.12. The van der Waals surface area contributed by atoms with E-state index in [9.17, 15) is 13.2 Å². The number of halogens is 1. The molecule has 21 heavy (non-hydrogen) atoms. The number of anilines is 2. The summed E-state index contributed by atoms with van der Waals surface area (Å²) in [6.45, 7) is 4.35. The average molecular weight is 331 g/mol. The minimum Gasteiger partial charge on any atom is -0.326 e. The molecule has 0 bridgehead atoms. The first kappa shape index (κ1) is 16.1. The van der Waals surface area contributed by atoms with Crippen LogP contribution in [0.15, 0.2) is 18.2 Å². The summed E-state index contributed by atoms with van der Waals surface area (Å²) in [5.41, 5.74) is 0.985. The van der Waals surface area contributed by atoms with Crippen LogP contribution in [0.25, 0.3) is 0 Å². The van der Waals surface area contributed by atoms with Crippen LogP contribution in [0.2, 0.25) is 5.02 Å². The quantitative estimate of drug-likeness (QED) is 0.923. The lowest BCUT2D eigenvalue weighted by atomic mass is 10.1. The lowest BCUT2D eigenvalue weighted by Gasteiger charge is -2.19. The minimum absolute atomic E-state index is 0.0949. The van der Waals surface area contributed by atoms with Gasteiger partial charge in [-0.15, -0.1) is 0 Å². The van der Waals surface area contributed by atoms with Crippen molar-refractivity contribution < 1.29 is 13.2 Å². The molecule has 1 heterocycles. The van der Waals surface area contributed by atoms with Crippen LogP contribution in [0.4, 0.5) is 11.4 Å². The molecule has 0 aliphatic carbocycles. The molecule has 1 fully saturated rings. The minimum atomic E-state index is -3.29. The summed E-state index contributed by atoms with van der Waals surface area (Å²) >= 11 is 6.11. The van der Waals surface area contributed by atoms with Crippen molar-refractivity contribution in [3.05, 3.63) is 23.2 Å². The second-order valence-corrected chi connectivity index (χ2v) is 7.97. The third-order valence-electron chi connectivity index (χ3n) is 3.19. The number of rotatable bonds is 4. The van der Waals surface area contributed by atoms with Gasteiger partial charge in [0.15, 0.2) is 0 Å². The first-order valence-electron chi connectivity index (χ1n) is 6.89. The number of carbonyl (C=O) groups is 1. The molecule has 1 aliphatic rings. The maximum absolute atomic E-state index is 12.0. The van der Waals surface area contributed by atoms with E-state index in [1.54, 1.807) is 18.2 Å². The van der Waals surface area contributed by atoms with Crippen molar-refractivity contribution in [1.29, 1.82) is 0 Å². The van der Waals surface area contributed by atoms with Gasteiger partial charge in [0.1, 0.15) is 0 Å². The van der Waals surface area contributed by atoms with Gasteiger partial charge in [-0.2, -0.15) is 0 Å². The average Bonchev–Trinajstić information content (AvgIpc) is 2.70. The van der Waals surface area contributed by atoms with E-state index < -0.39 is 10.0 Å². The smallest absolute Gasteiger partial charge is 0.235 e. The maximum atomic E-state index is 12.0. The molecule has 1 saturated heterocycles. The zero-order chi connectivity index (χ0) is 15.6. The van der Waals surface area contributed by atoms with Gasteiger partial charge in [0.25, 0.3) is 0 Å². The van der Waals surface area contributed by atoms with Gasteiger partial charge >= 0.3 is 0 Å². The standard InChI is InChI=1S/C14H19ClN2O3S/c1-10(2)8-14(18)16-11-4-5-12(15)13(9-11)17-6-3-7-21(17,19)20/h4-5,9-10H,3,6-8H2,1-2H3,(H,16,18). The Labute approximate surface area is 130 Å². The second kappa shape index (κ2) is 6.23. The fourth-order valence-electron chi connectivity index (χ4n) is 2.27. The van der Waals surface area contributed by atoms with Crippen LogP contribution in [0, 0.1) is 5.92 Å². The van der Waals surface area contributed by atoms with Crippen molar-refractivity contribution in [2.75, 3.05) is 21.9 Å². The highest BCUT2D eigenvalue weighted by atomic mass is 35.5. The Morgan fingerprint density at radius 3 is 2.71 bits per heavy atom. The first-order valence-corrected chi connectivity index (χ1v) is 8.88. The van der Waals surface area contributed by atoms with Gasteiger partial charge in [-0.25, -0.2) is 8.42 Å². The van der Waals surface area contributed by atoms with Crippen LogP contribution in [0.1, 0.15) is 26.7 Å². The Morgan fingerprint density at radius 1 is 1.43 bits per heavy atom. The molecule has 0 aromatic heterocycles. The fraction of sp³-hybridized carbons (Fsp3) is 0.500. The molecule has 0 radical (unpaired) electrons. The van der Waals surface area contributed by atoms with E-state index in [2.05, 4.69) is 5.32 Å². The molecule has 1 amide bonds. The van der Waals surface area contributed by atoms with Crippen LogP contribution in [-0.2, 0) is 14.8 Å². The highest BCUT2D eigenvalue weighted by molar-refractivity contribution is 7.93. The number of nitrogens with one attached hydrogen (secondary N) is 1. The molecule has 116 valence electrons. The lowest BCUT2D eigenvalue weighted by Crippen LogP contribution is -2.25. The monoisotopic (exact) mass is 330 g/mol. The molecular weight excluding hydrogens is 312 g/mol. The lowest BCUT2D eigenvalue weighted by molar-refractivity contribution is -0.116. The van der Waals surface area contributed by atoms with Crippen molar-refractivity contribution in [3.63, 3.8) is 0 Å². The Morgan fingerprint density at radius 2 is 2.14 bits per heavy atom. The Bertz CT molecular complexity index is 644. The van der Waals surface area contributed by atoms with E-state index in [0.29, 0.717) is 35.8 Å². The molecule has 0 saturated carbocycles. The van der Waals surface area contributed by atoms with Gasteiger partial charge in [-0.3, -0.25) is 9.10 Å². The molecule has 0 atom stereocenters. The molecule has 1 N–H and O–H groups in total. The largest absolute Gasteiger partial charge is 0.326 e. The summed E-state index contributed by atoms with van der Waals surface area (Å²) < 4.78 is 25.3. The summed E-state index contributed by atoms with van der Waals surface area (Å²) in [5.74, 6) is 0.297. The molecule has 0 spiro atoms. The van der Waals surface area contributed by atoms with E-state index in [1.165, 1.54) is 4.31 Å². The van der Waals surface area contributed by atoms with Gasteiger partial charge in [0.2, 0.25) is 15.9 Å². The van der Waals surface area contributed by atoms with E-state index >= 15 is 0 Å². The third-order valence-corrected chi connectivity index (χ3v) is 5.37. The normalized spacial score (nSPS) is 17.2. The van der Waals surface area contributed by atoms with Gasteiger partial charge < -0.3 is 5.32 Å². The van der Waals surface area contributed by atoms with Crippen molar-refractivity contribution in [3.8, 4) is 0 Å². The van der Waals surface area contributed by atoms with Crippen LogP contribution in [-0.4, -0.2) is 26.6 Å². The summed E-state index contributed by atoms with van der Waals surface area (Å²) in [6, 6.07) is 4.89. The van der Waals surface area contributed by atoms with E-state index in [4.69, 9.17) is 11.6 Å². The number of hydrogen-bond acceptors (Lipinski definition) is 3. The molecule has 0 unspecified atom stereocenters. The SMILES string of the molecule is CC(C)CC(=O)Nc1ccc(Cl)c(N2CCCS2(=O)=O)c1. The molecule has 1 aliphatic heterocycles. The van der Waals surface area contributed by atoms with Gasteiger partial charge in [0, 0.05) is 18.7 Å². The van der Waals surface area contributed by atoms with Gasteiger partial charge in [0.05, 0.1) is 16.5 Å². The zero-order valence-electron chi connectivity index (χ0n) is 12.1. The predicted octanol–water partition coefficient (Wildman–Crippen LogP) is 2.86. The Kier molecular flexibility index (Phi) is 4.78. The van der Waals surface area contributed by atoms with Crippen LogP contribution in [0.5, 0.6) is 0 Å². The molecule has 7 heteroatoms. The number of benzene rings is 1. The highest BCUT2D eigenvalue weighted by Crippen LogP contribution is 2.33. The molecule has 2 rings (SSSR count). The maximum Gasteiger partial charge on any atom is 0.235 e. The Hall–Kier alpha value is -1.27. The molecule has 1 aromatic carbocycles.